The van der Waals surface area contributed by atoms with Crippen LogP contribution < -0.4 is 5.32 Å². The first-order chi connectivity index (χ1) is 14.6. The normalized spacial score (nSPS) is 14.8. The molecule has 0 atom stereocenters. The van der Waals surface area contributed by atoms with Crippen molar-refractivity contribution >= 4 is 17.9 Å². The number of rotatable bonds is 8. The molecule has 31 heavy (non-hydrogen) atoms. The van der Waals surface area contributed by atoms with Crippen LogP contribution >= 0.6 is 0 Å². The predicted octanol–water partition coefficient (Wildman–Crippen LogP) is 3.23. The van der Waals surface area contributed by atoms with Gasteiger partial charge in [-0.15, -0.1) is 0 Å². The highest BCUT2D eigenvalue weighted by Gasteiger charge is 2.24. The van der Waals surface area contributed by atoms with E-state index in [1.807, 2.05) is 56.0 Å². The van der Waals surface area contributed by atoms with E-state index in [-0.39, 0.29) is 17.9 Å². The van der Waals surface area contributed by atoms with Gasteiger partial charge in [-0.3, -0.25) is 9.59 Å². The summed E-state index contributed by atoms with van der Waals surface area (Å²) in [7, 11) is 1.76. The van der Waals surface area contributed by atoms with E-state index in [1.54, 1.807) is 11.9 Å². The smallest absolute Gasteiger partial charge is 0.410 e. The highest BCUT2D eigenvalue weighted by molar-refractivity contribution is 5.80. The molecule has 7 nitrogen and oxygen atoms in total. The van der Waals surface area contributed by atoms with Crippen molar-refractivity contribution in [3.63, 3.8) is 0 Å². The van der Waals surface area contributed by atoms with Crippen LogP contribution in [0.5, 0.6) is 0 Å². The summed E-state index contributed by atoms with van der Waals surface area (Å²) in [6.07, 6.45) is 3.15. The van der Waals surface area contributed by atoms with Gasteiger partial charge >= 0.3 is 6.09 Å². The van der Waals surface area contributed by atoms with Crippen LogP contribution in [0.4, 0.5) is 4.79 Å². The van der Waals surface area contributed by atoms with E-state index in [0.29, 0.717) is 31.8 Å². The van der Waals surface area contributed by atoms with Gasteiger partial charge in [0.2, 0.25) is 11.8 Å². The number of piperidine rings is 1. The van der Waals surface area contributed by atoms with Gasteiger partial charge in [-0.05, 0) is 51.5 Å². The molecule has 0 radical (unpaired) electrons. The van der Waals surface area contributed by atoms with Crippen molar-refractivity contribution in [2.45, 2.75) is 58.5 Å². The summed E-state index contributed by atoms with van der Waals surface area (Å²) in [5.74, 6) is 0.524. The molecule has 0 saturated carbocycles. The number of benzene rings is 1. The summed E-state index contributed by atoms with van der Waals surface area (Å²) in [5.41, 5.74) is 0.476. The molecule has 1 aliphatic rings. The first-order valence-electron chi connectivity index (χ1n) is 11.2. The number of hydrogen-bond acceptors (Lipinski definition) is 4. The number of carbonyl (C=O) groups excluding carboxylic acids is 3. The van der Waals surface area contributed by atoms with E-state index < -0.39 is 5.60 Å². The molecule has 1 N–H and O–H groups in total. The molecule has 0 spiro atoms. The Morgan fingerprint density at radius 3 is 2.39 bits per heavy atom. The molecule has 1 aliphatic heterocycles. The largest absolute Gasteiger partial charge is 0.444 e. The second-order valence-electron chi connectivity index (χ2n) is 9.28. The number of likely N-dealkylation sites (tertiary alicyclic amines) is 1. The molecule has 1 aromatic carbocycles. The topological polar surface area (TPSA) is 79.0 Å². The van der Waals surface area contributed by atoms with Crippen LogP contribution in [-0.4, -0.2) is 66.5 Å². The van der Waals surface area contributed by atoms with Crippen LogP contribution in [0.25, 0.3) is 0 Å². The fourth-order valence-corrected chi connectivity index (χ4v) is 3.59. The molecule has 0 unspecified atom stereocenters. The molecule has 1 aromatic rings. The first-order valence-corrected chi connectivity index (χ1v) is 11.2. The lowest BCUT2D eigenvalue weighted by atomic mass is 9.93. The molecule has 7 heteroatoms. The lowest BCUT2D eigenvalue weighted by Gasteiger charge is -2.33. The predicted molar refractivity (Wildman–Crippen MR) is 121 cm³/mol. The lowest BCUT2D eigenvalue weighted by Crippen LogP contribution is -2.41. The summed E-state index contributed by atoms with van der Waals surface area (Å²) in [5, 5.41) is 2.83. The van der Waals surface area contributed by atoms with Crippen LogP contribution in [0.2, 0.25) is 0 Å². The molecule has 1 fully saturated rings. The fourth-order valence-electron chi connectivity index (χ4n) is 3.59. The van der Waals surface area contributed by atoms with E-state index >= 15 is 0 Å². The van der Waals surface area contributed by atoms with Gasteiger partial charge in [0.1, 0.15) is 5.60 Å². The van der Waals surface area contributed by atoms with Gasteiger partial charge in [0, 0.05) is 39.6 Å². The highest BCUT2D eigenvalue weighted by atomic mass is 16.6. The number of ether oxygens (including phenoxy) is 1. The third kappa shape index (κ3) is 9.40. The number of nitrogens with zero attached hydrogens (tertiary/aromatic N) is 2. The number of amides is 3. The van der Waals surface area contributed by atoms with Gasteiger partial charge in [0.25, 0.3) is 0 Å². The van der Waals surface area contributed by atoms with Crippen LogP contribution in [0.1, 0.15) is 52.0 Å². The summed E-state index contributed by atoms with van der Waals surface area (Å²) in [6.45, 7) is 8.07. The minimum Gasteiger partial charge on any atom is -0.444 e. The second-order valence-corrected chi connectivity index (χ2v) is 9.28. The van der Waals surface area contributed by atoms with Crippen LogP contribution in [0.15, 0.2) is 30.3 Å². The van der Waals surface area contributed by atoms with Crippen LogP contribution in [-0.2, 0) is 20.7 Å². The molecule has 3 amide bonds. The summed E-state index contributed by atoms with van der Waals surface area (Å²) < 4.78 is 5.38. The molecular formula is C24H37N3O4. The van der Waals surface area contributed by atoms with Gasteiger partial charge < -0.3 is 19.9 Å². The molecule has 1 heterocycles. The zero-order chi connectivity index (χ0) is 22.9. The maximum absolute atomic E-state index is 12.4. The highest BCUT2D eigenvalue weighted by Crippen LogP contribution is 2.21. The van der Waals surface area contributed by atoms with E-state index in [9.17, 15) is 14.4 Å². The molecule has 172 valence electrons. The molecule has 0 bridgehead atoms. The van der Waals surface area contributed by atoms with Crippen molar-refractivity contribution in [2.75, 3.05) is 33.2 Å². The minimum absolute atomic E-state index is 0.0631. The Bertz CT molecular complexity index is 722. The van der Waals surface area contributed by atoms with Crippen molar-refractivity contribution in [1.82, 2.24) is 15.1 Å². The van der Waals surface area contributed by atoms with Crippen molar-refractivity contribution in [2.24, 2.45) is 5.92 Å². The Morgan fingerprint density at radius 1 is 1.13 bits per heavy atom. The molecule has 0 aromatic heterocycles. The Labute approximate surface area is 186 Å². The third-order valence-electron chi connectivity index (χ3n) is 5.41. The molecule has 2 rings (SSSR count). The van der Waals surface area contributed by atoms with Gasteiger partial charge in [-0.1, -0.05) is 30.3 Å². The van der Waals surface area contributed by atoms with Gasteiger partial charge in [-0.25, -0.2) is 4.79 Å². The van der Waals surface area contributed by atoms with Gasteiger partial charge in [0.15, 0.2) is 0 Å². The SMILES string of the molecule is CN(CCC1CCN(C(=O)CCNC(=O)Cc2ccccc2)CC1)C(=O)OC(C)(C)C. The molecular weight excluding hydrogens is 394 g/mol. The minimum atomic E-state index is -0.488. The maximum Gasteiger partial charge on any atom is 0.410 e. The maximum atomic E-state index is 12.4. The monoisotopic (exact) mass is 431 g/mol. The molecule has 1 saturated heterocycles. The average molecular weight is 432 g/mol. The average Bonchev–Trinajstić information content (AvgIpc) is 2.71. The van der Waals surface area contributed by atoms with Crippen molar-refractivity contribution in [3.8, 4) is 0 Å². The third-order valence-corrected chi connectivity index (χ3v) is 5.41. The summed E-state index contributed by atoms with van der Waals surface area (Å²) in [4.78, 5) is 40.0. The van der Waals surface area contributed by atoms with Gasteiger partial charge in [0.05, 0.1) is 6.42 Å². The number of carbonyl (C=O) groups is 3. The lowest BCUT2D eigenvalue weighted by molar-refractivity contribution is -0.132. The first kappa shape index (κ1) is 24.7. The Kier molecular flexibility index (Phi) is 9.34. The number of hydrogen-bond donors (Lipinski definition) is 1. The summed E-state index contributed by atoms with van der Waals surface area (Å²) in [6, 6.07) is 9.57. The number of nitrogens with one attached hydrogen (secondary N) is 1. The summed E-state index contributed by atoms with van der Waals surface area (Å²) >= 11 is 0. The van der Waals surface area contributed by atoms with Crippen LogP contribution in [0, 0.1) is 5.92 Å². The quantitative estimate of drug-likeness (QED) is 0.685. The van der Waals surface area contributed by atoms with Gasteiger partial charge in [-0.2, -0.15) is 0 Å². The van der Waals surface area contributed by atoms with Crippen LogP contribution in [0.3, 0.4) is 0 Å². The van der Waals surface area contributed by atoms with E-state index in [2.05, 4.69) is 5.32 Å². The standard InChI is InChI=1S/C24H37N3O4/c1-24(2,3)31-23(30)26(4)15-11-19-12-16-27(17-13-19)22(29)10-14-25-21(28)18-20-8-6-5-7-9-20/h5-9,19H,10-18H2,1-4H3,(H,25,28). The van der Waals surface area contributed by atoms with E-state index in [4.69, 9.17) is 4.74 Å². The zero-order valence-corrected chi connectivity index (χ0v) is 19.4. The second kappa shape index (κ2) is 11.7. The fraction of sp³-hybridized carbons (Fsp3) is 0.625. The van der Waals surface area contributed by atoms with Crippen molar-refractivity contribution < 1.29 is 19.1 Å². The van der Waals surface area contributed by atoms with E-state index in [1.165, 1.54) is 0 Å². The van der Waals surface area contributed by atoms with E-state index in [0.717, 1.165) is 37.9 Å². The Morgan fingerprint density at radius 2 is 1.77 bits per heavy atom. The molecule has 0 aliphatic carbocycles. The zero-order valence-electron chi connectivity index (χ0n) is 19.4. The van der Waals surface area contributed by atoms with Crippen molar-refractivity contribution in [3.05, 3.63) is 35.9 Å². The Hall–Kier alpha value is -2.57. The van der Waals surface area contributed by atoms with Crippen molar-refractivity contribution in [1.29, 1.82) is 0 Å². The Balaban J connectivity index is 1.60.